The van der Waals surface area contributed by atoms with Gasteiger partial charge < -0.3 is 14.2 Å². The van der Waals surface area contributed by atoms with Crippen LogP contribution in [0.2, 0.25) is 0 Å². The van der Waals surface area contributed by atoms with Crippen LogP contribution in [-0.4, -0.2) is 41.7 Å². The SMILES string of the molecule is CCOC(=O)Cn1nc(C2CC2)c(OC2CCOCC2)cc1=O. The molecule has 2 fully saturated rings. The molecule has 126 valence electrons. The minimum absolute atomic E-state index is 0.0587. The van der Waals surface area contributed by atoms with Gasteiger partial charge >= 0.3 is 5.97 Å². The minimum atomic E-state index is -0.457. The predicted octanol–water partition coefficient (Wildman–Crippen LogP) is 1.24. The normalized spacial score (nSPS) is 18.7. The number of aromatic nitrogens is 2. The van der Waals surface area contributed by atoms with E-state index in [0.717, 1.165) is 31.4 Å². The summed E-state index contributed by atoms with van der Waals surface area (Å²) >= 11 is 0. The van der Waals surface area contributed by atoms with E-state index in [1.807, 2.05) is 0 Å². The lowest BCUT2D eigenvalue weighted by Gasteiger charge is -2.24. The van der Waals surface area contributed by atoms with Crippen LogP contribution in [0, 0.1) is 0 Å². The molecule has 1 saturated heterocycles. The topological polar surface area (TPSA) is 79.7 Å². The van der Waals surface area contributed by atoms with E-state index in [1.165, 1.54) is 10.7 Å². The third-order valence-electron chi connectivity index (χ3n) is 4.00. The molecule has 0 unspecified atom stereocenters. The largest absolute Gasteiger partial charge is 0.488 e. The molecule has 1 aromatic rings. The summed E-state index contributed by atoms with van der Waals surface area (Å²) in [6, 6.07) is 1.45. The summed E-state index contributed by atoms with van der Waals surface area (Å²) < 4.78 is 17.4. The zero-order valence-electron chi connectivity index (χ0n) is 13.3. The van der Waals surface area contributed by atoms with E-state index in [4.69, 9.17) is 14.2 Å². The van der Waals surface area contributed by atoms with Crippen molar-refractivity contribution in [1.29, 1.82) is 0 Å². The van der Waals surface area contributed by atoms with Gasteiger partial charge in [-0.15, -0.1) is 0 Å². The van der Waals surface area contributed by atoms with Crippen molar-refractivity contribution in [1.82, 2.24) is 9.78 Å². The molecule has 23 heavy (non-hydrogen) atoms. The maximum atomic E-state index is 12.2. The standard InChI is InChI=1S/C16H22N2O5/c1-2-22-15(20)10-18-14(19)9-13(16(17-18)11-3-4-11)23-12-5-7-21-8-6-12/h9,11-12H,2-8,10H2,1H3. The van der Waals surface area contributed by atoms with Crippen LogP contribution in [0.25, 0.3) is 0 Å². The van der Waals surface area contributed by atoms with E-state index in [-0.39, 0.29) is 24.8 Å². The van der Waals surface area contributed by atoms with Crippen molar-refractivity contribution >= 4 is 5.97 Å². The van der Waals surface area contributed by atoms with Gasteiger partial charge in [0.25, 0.3) is 5.56 Å². The van der Waals surface area contributed by atoms with E-state index >= 15 is 0 Å². The summed E-state index contributed by atoms with van der Waals surface area (Å²) in [5, 5.41) is 4.37. The molecule has 1 aromatic heterocycles. The molecule has 1 aliphatic carbocycles. The van der Waals surface area contributed by atoms with Crippen LogP contribution in [0.4, 0.5) is 0 Å². The molecule has 7 heteroatoms. The Balaban J connectivity index is 1.80. The summed E-state index contributed by atoms with van der Waals surface area (Å²) in [5.41, 5.74) is 0.435. The Bertz CT molecular complexity index is 617. The number of carbonyl (C=O) groups excluding carboxylic acids is 1. The highest BCUT2D eigenvalue weighted by Crippen LogP contribution is 2.42. The van der Waals surface area contributed by atoms with Gasteiger partial charge in [-0.2, -0.15) is 5.10 Å². The maximum Gasteiger partial charge on any atom is 0.327 e. The molecule has 0 radical (unpaired) electrons. The fourth-order valence-electron chi connectivity index (χ4n) is 2.64. The second kappa shape index (κ2) is 7.12. The summed E-state index contributed by atoms with van der Waals surface area (Å²) in [6.45, 7) is 3.21. The van der Waals surface area contributed by atoms with E-state index < -0.39 is 5.97 Å². The third kappa shape index (κ3) is 4.10. The second-order valence-electron chi connectivity index (χ2n) is 5.90. The van der Waals surface area contributed by atoms with Crippen LogP contribution in [0.5, 0.6) is 5.75 Å². The zero-order valence-corrected chi connectivity index (χ0v) is 13.3. The lowest BCUT2D eigenvalue weighted by atomic mass is 10.1. The molecule has 1 saturated carbocycles. The molecule has 0 amide bonds. The van der Waals surface area contributed by atoms with Crippen molar-refractivity contribution in [2.24, 2.45) is 0 Å². The number of ether oxygens (including phenoxy) is 3. The first-order valence-corrected chi connectivity index (χ1v) is 8.19. The fraction of sp³-hybridized carbons (Fsp3) is 0.688. The first-order chi connectivity index (χ1) is 11.2. The Hall–Kier alpha value is -1.89. The quantitative estimate of drug-likeness (QED) is 0.733. The Morgan fingerprint density at radius 1 is 1.35 bits per heavy atom. The average molecular weight is 322 g/mol. The molecular formula is C16H22N2O5. The van der Waals surface area contributed by atoms with Gasteiger partial charge in [0.1, 0.15) is 24.1 Å². The Kier molecular flexibility index (Phi) is 4.95. The van der Waals surface area contributed by atoms with Crippen LogP contribution in [0.3, 0.4) is 0 Å². The monoisotopic (exact) mass is 322 g/mol. The van der Waals surface area contributed by atoms with Gasteiger partial charge in [0.15, 0.2) is 0 Å². The highest BCUT2D eigenvalue weighted by molar-refractivity contribution is 5.68. The number of carbonyl (C=O) groups is 1. The zero-order chi connectivity index (χ0) is 16.2. The smallest absolute Gasteiger partial charge is 0.327 e. The van der Waals surface area contributed by atoms with Crippen LogP contribution >= 0.6 is 0 Å². The molecule has 0 bridgehead atoms. The van der Waals surface area contributed by atoms with E-state index in [0.29, 0.717) is 24.9 Å². The Morgan fingerprint density at radius 2 is 2.09 bits per heavy atom. The first kappa shape index (κ1) is 16.0. The molecule has 2 heterocycles. The van der Waals surface area contributed by atoms with Gasteiger partial charge in [-0.3, -0.25) is 9.59 Å². The molecular weight excluding hydrogens is 300 g/mol. The second-order valence-corrected chi connectivity index (χ2v) is 5.90. The van der Waals surface area contributed by atoms with Gasteiger partial charge in [-0.25, -0.2) is 4.68 Å². The molecule has 7 nitrogen and oxygen atoms in total. The van der Waals surface area contributed by atoms with Gasteiger partial charge in [0.2, 0.25) is 0 Å². The molecule has 2 aliphatic rings. The molecule has 0 spiro atoms. The molecule has 0 atom stereocenters. The van der Waals surface area contributed by atoms with E-state index in [9.17, 15) is 9.59 Å². The van der Waals surface area contributed by atoms with Gasteiger partial charge in [-0.05, 0) is 19.8 Å². The van der Waals surface area contributed by atoms with Crippen LogP contribution in [-0.2, 0) is 20.8 Å². The molecule has 1 aliphatic heterocycles. The van der Waals surface area contributed by atoms with Crippen molar-refractivity contribution in [3.05, 3.63) is 22.1 Å². The lowest BCUT2D eigenvalue weighted by molar-refractivity contribution is -0.144. The Morgan fingerprint density at radius 3 is 2.74 bits per heavy atom. The summed E-state index contributed by atoms with van der Waals surface area (Å²) in [7, 11) is 0. The first-order valence-electron chi connectivity index (χ1n) is 8.19. The predicted molar refractivity (Wildman–Crippen MR) is 81.6 cm³/mol. The number of hydrogen-bond donors (Lipinski definition) is 0. The summed E-state index contributed by atoms with van der Waals surface area (Å²) in [5.74, 6) is 0.422. The summed E-state index contributed by atoms with van der Waals surface area (Å²) in [6.07, 6.45) is 3.76. The van der Waals surface area contributed by atoms with E-state index in [1.54, 1.807) is 6.92 Å². The number of hydrogen-bond acceptors (Lipinski definition) is 6. The van der Waals surface area contributed by atoms with Crippen LogP contribution < -0.4 is 10.3 Å². The highest BCUT2D eigenvalue weighted by Gasteiger charge is 2.31. The highest BCUT2D eigenvalue weighted by atomic mass is 16.5. The maximum absolute atomic E-state index is 12.2. The minimum Gasteiger partial charge on any atom is -0.488 e. The number of rotatable bonds is 6. The van der Waals surface area contributed by atoms with Gasteiger partial charge in [0, 0.05) is 24.8 Å². The fourth-order valence-corrected chi connectivity index (χ4v) is 2.64. The molecule has 0 aromatic carbocycles. The number of esters is 1. The van der Waals surface area contributed by atoms with Crippen molar-refractivity contribution in [3.63, 3.8) is 0 Å². The molecule has 3 rings (SSSR count). The van der Waals surface area contributed by atoms with Gasteiger partial charge in [0.05, 0.1) is 19.8 Å². The van der Waals surface area contributed by atoms with Crippen LogP contribution in [0.15, 0.2) is 10.9 Å². The van der Waals surface area contributed by atoms with Crippen molar-refractivity contribution in [2.45, 2.75) is 51.2 Å². The van der Waals surface area contributed by atoms with Crippen molar-refractivity contribution in [2.75, 3.05) is 19.8 Å². The van der Waals surface area contributed by atoms with Crippen LogP contribution in [0.1, 0.15) is 44.2 Å². The average Bonchev–Trinajstić information content (AvgIpc) is 3.36. The number of nitrogens with zero attached hydrogens (tertiary/aromatic N) is 2. The lowest BCUT2D eigenvalue weighted by Crippen LogP contribution is -2.31. The Labute approximate surface area is 134 Å². The summed E-state index contributed by atoms with van der Waals surface area (Å²) in [4.78, 5) is 23.8. The van der Waals surface area contributed by atoms with Gasteiger partial charge in [-0.1, -0.05) is 0 Å². The molecule has 0 N–H and O–H groups in total. The van der Waals surface area contributed by atoms with Crippen molar-refractivity contribution < 1.29 is 19.0 Å². The third-order valence-corrected chi connectivity index (χ3v) is 4.00. The van der Waals surface area contributed by atoms with Crippen molar-refractivity contribution in [3.8, 4) is 5.75 Å². The van der Waals surface area contributed by atoms with E-state index in [2.05, 4.69) is 5.10 Å².